The van der Waals surface area contributed by atoms with Gasteiger partial charge in [-0.05, 0) is 6.42 Å². The predicted molar refractivity (Wildman–Crippen MR) is 79.3 cm³/mol. The molecule has 0 saturated carbocycles. The quantitative estimate of drug-likeness (QED) is 0.656. The van der Waals surface area contributed by atoms with Gasteiger partial charge in [0, 0.05) is 12.1 Å². The fourth-order valence-corrected chi connectivity index (χ4v) is 2.38. The molecule has 1 amide bonds. The van der Waals surface area contributed by atoms with E-state index in [4.69, 9.17) is 14.2 Å². The molecule has 3 rings (SSSR count). The SMILES string of the molecule is CCCCOC(=O)CN1C(=O)CNc2cc3c(cc21)OCO3. The van der Waals surface area contributed by atoms with Crippen LogP contribution in [0.3, 0.4) is 0 Å². The van der Waals surface area contributed by atoms with Gasteiger partial charge in [-0.25, -0.2) is 0 Å². The van der Waals surface area contributed by atoms with Crippen LogP contribution in [0.15, 0.2) is 12.1 Å². The first-order chi connectivity index (χ1) is 10.7. The van der Waals surface area contributed by atoms with Crippen LogP contribution in [0.2, 0.25) is 0 Å². The summed E-state index contributed by atoms with van der Waals surface area (Å²) >= 11 is 0. The lowest BCUT2D eigenvalue weighted by Gasteiger charge is -2.29. The van der Waals surface area contributed by atoms with E-state index in [-0.39, 0.29) is 25.8 Å². The number of ether oxygens (including phenoxy) is 3. The lowest BCUT2D eigenvalue weighted by atomic mass is 10.1. The lowest BCUT2D eigenvalue weighted by Crippen LogP contribution is -2.43. The van der Waals surface area contributed by atoms with Crippen molar-refractivity contribution in [2.24, 2.45) is 0 Å². The first kappa shape index (κ1) is 14.5. The third kappa shape index (κ3) is 2.79. The molecule has 0 aromatic heterocycles. The van der Waals surface area contributed by atoms with Crippen LogP contribution in [-0.2, 0) is 14.3 Å². The fourth-order valence-electron chi connectivity index (χ4n) is 2.38. The Hall–Kier alpha value is -2.44. The summed E-state index contributed by atoms with van der Waals surface area (Å²) in [7, 11) is 0. The van der Waals surface area contributed by atoms with E-state index < -0.39 is 5.97 Å². The maximum Gasteiger partial charge on any atom is 0.326 e. The molecule has 2 aliphatic rings. The number of amides is 1. The van der Waals surface area contributed by atoms with Crippen LogP contribution in [0, 0.1) is 0 Å². The Morgan fingerprint density at radius 2 is 2.14 bits per heavy atom. The monoisotopic (exact) mass is 306 g/mol. The maximum absolute atomic E-state index is 12.1. The van der Waals surface area contributed by atoms with Crippen molar-refractivity contribution < 1.29 is 23.8 Å². The maximum atomic E-state index is 12.1. The highest BCUT2D eigenvalue weighted by atomic mass is 16.7. The van der Waals surface area contributed by atoms with Crippen molar-refractivity contribution in [2.75, 3.05) is 36.7 Å². The second-order valence-corrected chi connectivity index (χ2v) is 5.13. The number of fused-ring (bicyclic) bond motifs is 2. The molecular formula is C15H18N2O5. The number of unbranched alkanes of at least 4 members (excludes halogenated alkanes) is 1. The summed E-state index contributed by atoms with van der Waals surface area (Å²) < 4.78 is 15.8. The highest BCUT2D eigenvalue weighted by Gasteiger charge is 2.29. The number of benzene rings is 1. The van der Waals surface area contributed by atoms with Crippen LogP contribution in [0.1, 0.15) is 19.8 Å². The molecule has 1 N–H and O–H groups in total. The Kier molecular flexibility index (Phi) is 4.04. The molecule has 2 heterocycles. The second kappa shape index (κ2) is 6.13. The first-order valence-electron chi connectivity index (χ1n) is 7.32. The van der Waals surface area contributed by atoms with Crippen molar-refractivity contribution in [1.82, 2.24) is 0 Å². The largest absolute Gasteiger partial charge is 0.464 e. The predicted octanol–water partition coefficient (Wildman–Crippen LogP) is 1.52. The van der Waals surface area contributed by atoms with E-state index in [1.165, 1.54) is 4.90 Å². The smallest absolute Gasteiger partial charge is 0.326 e. The van der Waals surface area contributed by atoms with Gasteiger partial charge >= 0.3 is 5.97 Å². The van der Waals surface area contributed by atoms with Crippen molar-refractivity contribution in [3.8, 4) is 11.5 Å². The van der Waals surface area contributed by atoms with Gasteiger partial charge in [-0.1, -0.05) is 13.3 Å². The van der Waals surface area contributed by atoms with E-state index in [2.05, 4.69) is 5.32 Å². The number of rotatable bonds is 5. The minimum atomic E-state index is -0.410. The van der Waals surface area contributed by atoms with Gasteiger partial charge in [-0.3, -0.25) is 14.5 Å². The fraction of sp³-hybridized carbons (Fsp3) is 0.467. The molecule has 0 radical (unpaired) electrons. The summed E-state index contributed by atoms with van der Waals surface area (Å²) in [6.45, 7) is 2.59. The number of hydrogen-bond acceptors (Lipinski definition) is 6. The summed E-state index contributed by atoms with van der Waals surface area (Å²) in [5, 5.41) is 3.02. The van der Waals surface area contributed by atoms with E-state index in [0.717, 1.165) is 18.5 Å². The second-order valence-electron chi connectivity index (χ2n) is 5.13. The number of nitrogens with zero attached hydrogens (tertiary/aromatic N) is 1. The number of carbonyl (C=O) groups excluding carboxylic acids is 2. The summed E-state index contributed by atoms with van der Waals surface area (Å²) in [6.07, 6.45) is 1.77. The van der Waals surface area contributed by atoms with Crippen molar-refractivity contribution in [3.63, 3.8) is 0 Å². The Labute approximate surface area is 128 Å². The first-order valence-corrected chi connectivity index (χ1v) is 7.32. The highest BCUT2D eigenvalue weighted by molar-refractivity contribution is 6.06. The average molecular weight is 306 g/mol. The zero-order valence-electron chi connectivity index (χ0n) is 12.4. The van der Waals surface area contributed by atoms with Crippen molar-refractivity contribution >= 4 is 23.3 Å². The van der Waals surface area contributed by atoms with Crippen molar-refractivity contribution in [2.45, 2.75) is 19.8 Å². The van der Waals surface area contributed by atoms with Crippen molar-refractivity contribution in [1.29, 1.82) is 0 Å². The molecule has 2 aliphatic heterocycles. The molecule has 0 aliphatic carbocycles. The Bertz CT molecular complexity index is 602. The van der Waals surface area contributed by atoms with Gasteiger partial charge < -0.3 is 19.5 Å². The zero-order valence-corrected chi connectivity index (χ0v) is 12.4. The normalized spacial score (nSPS) is 15.3. The molecule has 1 aromatic rings. The molecule has 0 atom stereocenters. The highest BCUT2D eigenvalue weighted by Crippen LogP contribution is 2.42. The van der Waals surface area contributed by atoms with Gasteiger partial charge in [0.1, 0.15) is 6.54 Å². The molecule has 0 spiro atoms. The number of nitrogens with one attached hydrogen (secondary N) is 1. The molecule has 0 saturated heterocycles. The van der Waals surface area contributed by atoms with E-state index in [9.17, 15) is 9.59 Å². The molecule has 7 heteroatoms. The molecule has 22 heavy (non-hydrogen) atoms. The molecule has 0 bridgehead atoms. The van der Waals surface area contributed by atoms with Gasteiger partial charge in [0.05, 0.1) is 24.5 Å². The van der Waals surface area contributed by atoms with E-state index >= 15 is 0 Å². The van der Waals surface area contributed by atoms with Crippen LogP contribution >= 0.6 is 0 Å². The molecule has 7 nitrogen and oxygen atoms in total. The molecule has 0 unspecified atom stereocenters. The summed E-state index contributed by atoms with van der Waals surface area (Å²) in [5.41, 5.74) is 1.35. The molecule has 1 aromatic carbocycles. The van der Waals surface area contributed by atoms with Gasteiger partial charge in [0.25, 0.3) is 0 Å². The topological polar surface area (TPSA) is 77.1 Å². The summed E-state index contributed by atoms with van der Waals surface area (Å²) in [6, 6.07) is 3.49. The van der Waals surface area contributed by atoms with Crippen LogP contribution in [-0.4, -0.2) is 38.4 Å². The third-order valence-electron chi connectivity index (χ3n) is 3.56. The minimum absolute atomic E-state index is 0.100. The Morgan fingerprint density at radius 1 is 1.36 bits per heavy atom. The van der Waals surface area contributed by atoms with Crippen LogP contribution < -0.4 is 19.7 Å². The Morgan fingerprint density at radius 3 is 2.91 bits per heavy atom. The van der Waals surface area contributed by atoms with E-state index in [1.807, 2.05) is 6.92 Å². The summed E-state index contributed by atoms with van der Waals surface area (Å²) in [4.78, 5) is 25.4. The molecular weight excluding hydrogens is 288 g/mol. The Balaban J connectivity index is 1.77. The minimum Gasteiger partial charge on any atom is -0.464 e. The number of esters is 1. The number of hydrogen-bond donors (Lipinski definition) is 1. The van der Waals surface area contributed by atoms with Crippen molar-refractivity contribution in [3.05, 3.63) is 12.1 Å². The number of anilines is 2. The van der Waals surface area contributed by atoms with Gasteiger partial charge in [-0.15, -0.1) is 0 Å². The average Bonchev–Trinajstić information content (AvgIpc) is 2.96. The van der Waals surface area contributed by atoms with Crippen LogP contribution in [0.4, 0.5) is 11.4 Å². The van der Waals surface area contributed by atoms with Gasteiger partial charge in [-0.2, -0.15) is 0 Å². The van der Waals surface area contributed by atoms with Gasteiger partial charge in [0.15, 0.2) is 11.5 Å². The van der Waals surface area contributed by atoms with Crippen LogP contribution in [0.25, 0.3) is 0 Å². The lowest BCUT2D eigenvalue weighted by molar-refractivity contribution is -0.142. The van der Waals surface area contributed by atoms with Crippen LogP contribution in [0.5, 0.6) is 11.5 Å². The molecule has 118 valence electrons. The third-order valence-corrected chi connectivity index (χ3v) is 3.56. The molecule has 0 fully saturated rings. The zero-order chi connectivity index (χ0) is 15.5. The number of carbonyl (C=O) groups is 2. The van der Waals surface area contributed by atoms with E-state index in [0.29, 0.717) is 23.8 Å². The van der Waals surface area contributed by atoms with E-state index in [1.54, 1.807) is 12.1 Å². The van der Waals surface area contributed by atoms with Gasteiger partial charge in [0.2, 0.25) is 12.7 Å². The standard InChI is InChI=1S/C15H18N2O5/c1-2-3-4-20-15(19)8-17-11-6-13-12(21-9-22-13)5-10(11)16-7-14(17)18/h5-6,16H,2-4,7-9H2,1H3. The summed E-state index contributed by atoms with van der Waals surface area (Å²) in [5.74, 6) is 0.608.